The number of pyridine rings is 1. The van der Waals surface area contributed by atoms with E-state index >= 15 is 0 Å². The van der Waals surface area contributed by atoms with E-state index in [0.29, 0.717) is 10.6 Å². The highest BCUT2D eigenvalue weighted by atomic mass is 32.2. The number of sulfone groups is 1. The quantitative estimate of drug-likeness (QED) is 0.811. The molecule has 102 valence electrons. The first-order chi connectivity index (χ1) is 9.59. The SMILES string of the molecule is COc1ccsc1C=C(C#N)S(=O)(=O)c1ccccn1. The van der Waals surface area contributed by atoms with E-state index in [0.717, 1.165) is 0 Å². The van der Waals surface area contributed by atoms with E-state index in [-0.39, 0.29) is 9.93 Å². The molecule has 0 spiro atoms. The van der Waals surface area contributed by atoms with Crippen LogP contribution in [0.4, 0.5) is 0 Å². The average molecular weight is 306 g/mol. The lowest BCUT2D eigenvalue weighted by Crippen LogP contribution is -2.05. The van der Waals surface area contributed by atoms with E-state index in [1.165, 1.54) is 36.8 Å². The van der Waals surface area contributed by atoms with Gasteiger partial charge in [0.1, 0.15) is 11.8 Å². The van der Waals surface area contributed by atoms with E-state index in [9.17, 15) is 8.42 Å². The van der Waals surface area contributed by atoms with Crippen molar-refractivity contribution in [2.45, 2.75) is 5.03 Å². The Morgan fingerprint density at radius 1 is 1.45 bits per heavy atom. The molecular weight excluding hydrogens is 296 g/mol. The van der Waals surface area contributed by atoms with Gasteiger partial charge in [0.05, 0.1) is 12.0 Å². The molecule has 0 bridgehead atoms. The van der Waals surface area contributed by atoms with Crippen molar-refractivity contribution in [3.63, 3.8) is 0 Å². The fraction of sp³-hybridized carbons (Fsp3) is 0.0769. The van der Waals surface area contributed by atoms with Gasteiger partial charge in [-0.15, -0.1) is 11.3 Å². The van der Waals surface area contributed by atoms with Gasteiger partial charge in [-0.2, -0.15) is 5.26 Å². The number of nitriles is 1. The third kappa shape index (κ3) is 2.71. The monoisotopic (exact) mass is 306 g/mol. The van der Waals surface area contributed by atoms with Crippen molar-refractivity contribution in [2.75, 3.05) is 7.11 Å². The van der Waals surface area contributed by atoms with Crippen molar-refractivity contribution in [1.82, 2.24) is 4.98 Å². The largest absolute Gasteiger partial charge is 0.495 e. The van der Waals surface area contributed by atoms with Gasteiger partial charge in [0.25, 0.3) is 0 Å². The van der Waals surface area contributed by atoms with Crippen LogP contribution in [0.1, 0.15) is 4.88 Å². The molecule has 0 saturated carbocycles. The lowest BCUT2D eigenvalue weighted by Gasteiger charge is -2.02. The number of rotatable bonds is 4. The van der Waals surface area contributed by atoms with Crippen LogP contribution in [0.15, 0.2) is 45.8 Å². The van der Waals surface area contributed by atoms with Gasteiger partial charge in [-0.05, 0) is 29.7 Å². The molecule has 0 aliphatic heterocycles. The lowest BCUT2D eigenvalue weighted by atomic mass is 10.4. The van der Waals surface area contributed by atoms with Gasteiger partial charge in [-0.25, -0.2) is 13.4 Å². The van der Waals surface area contributed by atoms with Gasteiger partial charge >= 0.3 is 0 Å². The number of methoxy groups -OCH3 is 1. The van der Waals surface area contributed by atoms with Crippen molar-refractivity contribution < 1.29 is 13.2 Å². The fourth-order valence-electron chi connectivity index (χ4n) is 1.49. The molecule has 0 fully saturated rings. The standard InChI is InChI=1S/C13H10N2O3S2/c1-18-11-5-7-19-12(11)8-10(9-14)20(16,17)13-4-2-3-6-15-13/h2-8H,1H3. The summed E-state index contributed by atoms with van der Waals surface area (Å²) in [6.45, 7) is 0. The van der Waals surface area contributed by atoms with Crippen LogP contribution in [-0.2, 0) is 9.84 Å². The van der Waals surface area contributed by atoms with E-state index in [2.05, 4.69) is 4.98 Å². The number of nitrogens with zero attached hydrogens (tertiary/aromatic N) is 2. The minimum absolute atomic E-state index is 0.150. The molecule has 0 aliphatic carbocycles. The van der Waals surface area contributed by atoms with E-state index in [1.807, 2.05) is 0 Å². The molecule has 0 saturated heterocycles. The van der Waals surface area contributed by atoms with Crippen LogP contribution in [-0.4, -0.2) is 20.5 Å². The van der Waals surface area contributed by atoms with Gasteiger partial charge in [-0.3, -0.25) is 0 Å². The first kappa shape index (κ1) is 14.2. The van der Waals surface area contributed by atoms with Crippen molar-refractivity contribution >= 4 is 27.3 Å². The molecule has 2 heterocycles. The second-order valence-corrected chi connectivity index (χ2v) is 6.46. The van der Waals surface area contributed by atoms with Crippen LogP contribution in [0.2, 0.25) is 0 Å². The van der Waals surface area contributed by atoms with Gasteiger partial charge in [0.15, 0.2) is 9.93 Å². The molecule has 0 N–H and O–H groups in total. The highest BCUT2D eigenvalue weighted by molar-refractivity contribution is 7.95. The van der Waals surface area contributed by atoms with Crippen LogP contribution in [0.3, 0.4) is 0 Å². The van der Waals surface area contributed by atoms with Crippen molar-refractivity contribution in [1.29, 1.82) is 5.26 Å². The topological polar surface area (TPSA) is 80.0 Å². The first-order valence-corrected chi connectivity index (χ1v) is 7.85. The second kappa shape index (κ2) is 5.86. The maximum absolute atomic E-state index is 12.3. The number of hydrogen-bond donors (Lipinski definition) is 0. The third-order valence-electron chi connectivity index (χ3n) is 2.45. The van der Waals surface area contributed by atoms with Crippen molar-refractivity contribution in [3.05, 3.63) is 45.6 Å². The normalized spacial score (nSPS) is 11.9. The Morgan fingerprint density at radius 3 is 2.85 bits per heavy atom. The van der Waals surface area contributed by atoms with Crippen LogP contribution in [0, 0.1) is 11.3 Å². The summed E-state index contributed by atoms with van der Waals surface area (Å²) in [7, 11) is -2.43. The fourth-order valence-corrected chi connectivity index (χ4v) is 3.43. The molecule has 7 heteroatoms. The Morgan fingerprint density at radius 2 is 2.25 bits per heavy atom. The van der Waals surface area contributed by atoms with Crippen LogP contribution in [0.5, 0.6) is 5.75 Å². The molecule has 0 aromatic carbocycles. The Balaban J connectivity index is 2.51. The summed E-state index contributed by atoms with van der Waals surface area (Å²) >= 11 is 1.29. The summed E-state index contributed by atoms with van der Waals surface area (Å²) in [6.07, 6.45) is 2.67. The summed E-state index contributed by atoms with van der Waals surface area (Å²) in [5.74, 6) is 0.527. The minimum Gasteiger partial charge on any atom is -0.495 e. The van der Waals surface area contributed by atoms with Crippen LogP contribution in [0.25, 0.3) is 6.08 Å². The zero-order chi connectivity index (χ0) is 14.6. The molecule has 0 atom stereocenters. The summed E-state index contributed by atoms with van der Waals surface area (Å²) in [4.78, 5) is 3.99. The van der Waals surface area contributed by atoms with Crippen molar-refractivity contribution in [2.24, 2.45) is 0 Å². The third-order valence-corrected chi connectivity index (χ3v) is 4.88. The van der Waals surface area contributed by atoms with Crippen LogP contribution >= 0.6 is 11.3 Å². The van der Waals surface area contributed by atoms with Gasteiger partial charge in [0, 0.05) is 6.20 Å². The number of thiophene rings is 1. The van der Waals surface area contributed by atoms with E-state index in [1.54, 1.807) is 29.6 Å². The maximum atomic E-state index is 12.3. The number of ether oxygens (including phenoxy) is 1. The Bertz CT molecular complexity index is 771. The molecule has 0 unspecified atom stereocenters. The van der Waals surface area contributed by atoms with E-state index < -0.39 is 9.84 Å². The lowest BCUT2D eigenvalue weighted by molar-refractivity contribution is 0.416. The van der Waals surface area contributed by atoms with E-state index in [4.69, 9.17) is 10.00 Å². The summed E-state index contributed by atoms with van der Waals surface area (Å²) in [5, 5.41) is 10.7. The molecular formula is C13H10N2O3S2. The molecule has 0 amide bonds. The molecule has 5 nitrogen and oxygen atoms in total. The zero-order valence-corrected chi connectivity index (χ0v) is 12.1. The predicted octanol–water partition coefficient (Wildman–Crippen LogP) is 2.49. The van der Waals surface area contributed by atoms with Gasteiger partial charge in [-0.1, -0.05) is 6.07 Å². The predicted molar refractivity (Wildman–Crippen MR) is 75.9 cm³/mol. The Labute approximate surface area is 120 Å². The zero-order valence-electron chi connectivity index (χ0n) is 10.5. The number of hydrogen-bond acceptors (Lipinski definition) is 6. The van der Waals surface area contributed by atoms with Crippen molar-refractivity contribution in [3.8, 4) is 11.8 Å². The molecule has 2 aromatic heterocycles. The highest BCUT2D eigenvalue weighted by Crippen LogP contribution is 2.29. The summed E-state index contributed by atoms with van der Waals surface area (Å²) < 4.78 is 29.7. The minimum atomic E-state index is -3.91. The molecule has 2 aromatic rings. The Hall–Kier alpha value is -2.17. The summed E-state index contributed by atoms with van der Waals surface area (Å²) in [6, 6.07) is 7.94. The second-order valence-electron chi connectivity index (χ2n) is 3.65. The van der Waals surface area contributed by atoms with Crippen LogP contribution < -0.4 is 4.74 Å². The average Bonchev–Trinajstić information content (AvgIpc) is 2.92. The van der Waals surface area contributed by atoms with Gasteiger partial charge in [0.2, 0.25) is 9.84 Å². The first-order valence-electron chi connectivity index (χ1n) is 5.49. The number of aromatic nitrogens is 1. The molecule has 2 rings (SSSR count). The molecule has 20 heavy (non-hydrogen) atoms. The highest BCUT2D eigenvalue weighted by Gasteiger charge is 2.22. The molecule has 0 aliphatic rings. The molecule has 0 radical (unpaired) electrons. The summed E-state index contributed by atoms with van der Waals surface area (Å²) in [5.41, 5.74) is 0. The smallest absolute Gasteiger partial charge is 0.233 e. The Kier molecular flexibility index (Phi) is 4.17. The maximum Gasteiger partial charge on any atom is 0.233 e. The van der Waals surface area contributed by atoms with Gasteiger partial charge < -0.3 is 4.74 Å². The number of allylic oxidation sites excluding steroid dienone is 1.